The maximum Gasteiger partial charge on any atom is 0.347 e. The number of rotatable bonds is 4. The molecule has 3 aromatic rings. The van der Waals surface area contributed by atoms with Crippen molar-refractivity contribution in [2.45, 2.75) is 0 Å². The van der Waals surface area contributed by atoms with Crippen molar-refractivity contribution in [3.05, 3.63) is 82.9 Å². The molecular formula is C22H12O7. The zero-order valence-electron chi connectivity index (χ0n) is 14.7. The predicted molar refractivity (Wildman–Crippen MR) is 101 cm³/mol. The summed E-state index contributed by atoms with van der Waals surface area (Å²) in [6, 6.07) is 15.7. The maximum atomic E-state index is 12.4. The number of carbonyl (C=O) groups excluding carboxylic acids is 2. The molecule has 0 atom stereocenters. The van der Waals surface area contributed by atoms with Crippen LogP contribution >= 0.6 is 0 Å². The van der Waals surface area contributed by atoms with E-state index in [2.05, 4.69) is 0 Å². The Balaban J connectivity index is 2.04. The van der Waals surface area contributed by atoms with Crippen LogP contribution in [0.2, 0.25) is 0 Å². The number of benzene rings is 3. The smallest absolute Gasteiger partial charge is 0.347 e. The van der Waals surface area contributed by atoms with Gasteiger partial charge in [-0.1, -0.05) is 42.5 Å². The van der Waals surface area contributed by atoms with E-state index in [0.717, 1.165) is 0 Å². The molecule has 7 nitrogen and oxygen atoms in total. The summed E-state index contributed by atoms with van der Waals surface area (Å²) in [5.74, 6) is -4.28. The summed E-state index contributed by atoms with van der Waals surface area (Å²) in [6.07, 6.45) is 0. The summed E-state index contributed by atoms with van der Waals surface area (Å²) < 4.78 is 4.75. The standard InChI is InChI=1S/C22H12O7/c23-19(24)14-7-6-12(10-16(14)20(25)26)13-8-9-15-18(22(28)29-21(15)27)17(13)11-4-2-1-3-5-11/h1-10H,(H,23,24)(H,25,26). The number of carbonyl (C=O) groups is 4. The molecule has 0 saturated heterocycles. The molecule has 0 bridgehead atoms. The Morgan fingerprint density at radius 3 is 1.97 bits per heavy atom. The Bertz CT molecular complexity index is 1210. The highest BCUT2D eigenvalue weighted by Crippen LogP contribution is 2.40. The lowest BCUT2D eigenvalue weighted by Crippen LogP contribution is -2.08. The molecule has 2 N–H and O–H groups in total. The number of cyclic esters (lactones) is 2. The zero-order valence-corrected chi connectivity index (χ0v) is 14.7. The van der Waals surface area contributed by atoms with E-state index >= 15 is 0 Å². The Labute approximate surface area is 163 Å². The molecule has 7 heteroatoms. The number of ether oxygens (including phenoxy) is 1. The topological polar surface area (TPSA) is 118 Å². The van der Waals surface area contributed by atoms with E-state index in [1.54, 1.807) is 36.4 Å². The molecule has 0 radical (unpaired) electrons. The molecule has 142 valence electrons. The van der Waals surface area contributed by atoms with Gasteiger partial charge in [0.25, 0.3) is 0 Å². The van der Waals surface area contributed by atoms with Crippen molar-refractivity contribution in [3.63, 3.8) is 0 Å². The van der Waals surface area contributed by atoms with Crippen molar-refractivity contribution in [1.29, 1.82) is 0 Å². The van der Waals surface area contributed by atoms with Crippen LogP contribution in [0.25, 0.3) is 22.3 Å². The molecule has 3 aromatic carbocycles. The van der Waals surface area contributed by atoms with Crippen molar-refractivity contribution in [1.82, 2.24) is 0 Å². The highest BCUT2D eigenvalue weighted by Gasteiger charge is 2.34. The van der Waals surface area contributed by atoms with Crippen molar-refractivity contribution >= 4 is 23.9 Å². The lowest BCUT2D eigenvalue weighted by molar-refractivity contribution is 0.0443. The number of esters is 2. The van der Waals surface area contributed by atoms with Gasteiger partial charge < -0.3 is 14.9 Å². The van der Waals surface area contributed by atoms with Gasteiger partial charge in [0.1, 0.15) is 0 Å². The predicted octanol–water partition coefficient (Wildman–Crippen LogP) is 3.73. The minimum absolute atomic E-state index is 0.0953. The second-order valence-corrected chi connectivity index (χ2v) is 6.32. The highest BCUT2D eigenvalue weighted by molar-refractivity contribution is 6.19. The molecule has 0 amide bonds. The molecule has 0 saturated carbocycles. The van der Waals surface area contributed by atoms with Gasteiger partial charge >= 0.3 is 23.9 Å². The lowest BCUT2D eigenvalue weighted by Gasteiger charge is -2.14. The monoisotopic (exact) mass is 388 g/mol. The average Bonchev–Trinajstić information content (AvgIpc) is 3.01. The molecule has 0 unspecified atom stereocenters. The van der Waals surface area contributed by atoms with Crippen LogP contribution in [0.15, 0.2) is 60.7 Å². The molecule has 29 heavy (non-hydrogen) atoms. The summed E-state index contributed by atoms with van der Waals surface area (Å²) in [6.45, 7) is 0. The van der Waals surface area contributed by atoms with E-state index in [-0.39, 0.29) is 22.3 Å². The second kappa shape index (κ2) is 6.72. The lowest BCUT2D eigenvalue weighted by atomic mass is 9.87. The van der Waals surface area contributed by atoms with Gasteiger partial charge in [0.05, 0.1) is 22.3 Å². The van der Waals surface area contributed by atoms with Crippen LogP contribution in [-0.2, 0) is 4.74 Å². The summed E-state index contributed by atoms with van der Waals surface area (Å²) in [5.41, 5.74) is 1.40. The number of carboxylic acid groups (broad SMARTS) is 2. The van der Waals surface area contributed by atoms with Gasteiger partial charge in [-0.05, 0) is 34.9 Å². The normalized spacial score (nSPS) is 12.4. The van der Waals surface area contributed by atoms with Crippen LogP contribution in [0.5, 0.6) is 0 Å². The third-order valence-corrected chi connectivity index (χ3v) is 4.67. The van der Waals surface area contributed by atoms with E-state index in [4.69, 9.17) is 4.74 Å². The van der Waals surface area contributed by atoms with Gasteiger partial charge in [0, 0.05) is 5.56 Å². The minimum atomic E-state index is -1.39. The van der Waals surface area contributed by atoms with Crippen LogP contribution in [0.3, 0.4) is 0 Å². The number of hydrogen-bond donors (Lipinski definition) is 2. The highest BCUT2D eigenvalue weighted by atomic mass is 16.6. The zero-order chi connectivity index (χ0) is 20.7. The molecule has 4 rings (SSSR count). The summed E-state index contributed by atoms with van der Waals surface area (Å²) in [5, 5.41) is 18.7. The van der Waals surface area contributed by atoms with Crippen LogP contribution in [0, 0.1) is 0 Å². The van der Waals surface area contributed by atoms with Gasteiger partial charge in [0.15, 0.2) is 0 Å². The number of fused-ring (bicyclic) bond motifs is 1. The van der Waals surface area contributed by atoms with Gasteiger partial charge in [-0.2, -0.15) is 0 Å². The molecule has 0 aromatic heterocycles. The van der Waals surface area contributed by atoms with Gasteiger partial charge in [-0.15, -0.1) is 0 Å². The van der Waals surface area contributed by atoms with Crippen LogP contribution in [-0.4, -0.2) is 34.1 Å². The van der Waals surface area contributed by atoms with E-state index in [9.17, 15) is 29.4 Å². The molecule has 0 spiro atoms. The van der Waals surface area contributed by atoms with Crippen molar-refractivity contribution in [2.75, 3.05) is 0 Å². The molecule has 0 fully saturated rings. The molecule has 1 heterocycles. The Morgan fingerprint density at radius 1 is 0.655 bits per heavy atom. The fourth-order valence-corrected chi connectivity index (χ4v) is 3.40. The Hall–Kier alpha value is -4.26. The van der Waals surface area contributed by atoms with Crippen molar-refractivity contribution in [3.8, 4) is 22.3 Å². The molecular weight excluding hydrogens is 376 g/mol. The number of hydrogen-bond acceptors (Lipinski definition) is 5. The largest absolute Gasteiger partial charge is 0.478 e. The maximum absolute atomic E-state index is 12.4. The van der Waals surface area contributed by atoms with Gasteiger partial charge in [0.2, 0.25) is 0 Å². The summed E-state index contributed by atoms with van der Waals surface area (Å²) in [7, 11) is 0. The number of carboxylic acids is 2. The van der Waals surface area contributed by atoms with E-state index in [1.165, 1.54) is 24.3 Å². The first-order chi connectivity index (χ1) is 13.9. The Kier molecular flexibility index (Phi) is 4.20. The first kappa shape index (κ1) is 18.1. The first-order valence-electron chi connectivity index (χ1n) is 8.48. The quantitative estimate of drug-likeness (QED) is 0.516. The molecule has 1 aliphatic heterocycles. The van der Waals surface area contributed by atoms with Gasteiger partial charge in [-0.25, -0.2) is 19.2 Å². The van der Waals surface area contributed by atoms with Crippen LogP contribution < -0.4 is 0 Å². The van der Waals surface area contributed by atoms with Crippen LogP contribution in [0.1, 0.15) is 41.4 Å². The Morgan fingerprint density at radius 2 is 1.31 bits per heavy atom. The minimum Gasteiger partial charge on any atom is -0.478 e. The molecule has 1 aliphatic rings. The van der Waals surface area contributed by atoms with E-state index in [1.807, 2.05) is 0 Å². The number of aromatic carboxylic acids is 2. The average molecular weight is 388 g/mol. The van der Waals surface area contributed by atoms with Crippen LogP contribution in [0.4, 0.5) is 0 Å². The van der Waals surface area contributed by atoms with E-state index < -0.39 is 23.9 Å². The second-order valence-electron chi connectivity index (χ2n) is 6.32. The summed E-state index contributed by atoms with van der Waals surface area (Å²) >= 11 is 0. The van der Waals surface area contributed by atoms with Crippen molar-refractivity contribution in [2.24, 2.45) is 0 Å². The third kappa shape index (κ3) is 2.94. The SMILES string of the molecule is O=C(O)c1ccc(-c2ccc3c(c2-c2ccccc2)C(=O)OC3=O)cc1C(=O)O. The van der Waals surface area contributed by atoms with Crippen molar-refractivity contribution < 1.29 is 34.1 Å². The first-order valence-corrected chi connectivity index (χ1v) is 8.48. The summed E-state index contributed by atoms with van der Waals surface area (Å²) in [4.78, 5) is 47.2. The van der Waals surface area contributed by atoms with Gasteiger partial charge in [-0.3, -0.25) is 0 Å². The molecule has 0 aliphatic carbocycles. The van der Waals surface area contributed by atoms with E-state index in [0.29, 0.717) is 22.3 Å². The fourth-order valence-electron chi connectivity index (χ4n) is 3.40. The fraction of sp³-hybridized carbons (Fsp3) is 0. The third-order valence-electron chi connectivity index (χ3n) is 4.67.